The van der Waals surface area contributed by atoms with Crippen LogP contribution in [-0.2, 0) is 28.6 Å². The summed E-state index contributed by atoms with van der Waals surface area (Å²) in [4.78, 5) is 38.2. The molecule has 0 aliphatic rings. The molecule has 6 heteroatoms. The lowest BCUT2D eigenvalue weighted by atomic mass is 10.0. The first-order valence-electron chi connectivity index (χ1n) is 29.8. The number of unbranched alkanes of at least 4 members (excludes halogenated alkanes) is 33. The van der Waals surface area contributed by atoms with Gasteiger partial charge >= 0.3 is 17.9 Å². The lowest BCUT2D eigenvalue weighted by Gasteiger charge is -2.18. The summed E-state index contributed by atoms with van der Waals surface area (Å²) >= 11 is 0. The van der Waals surface area contributed by atoms with Crippen LogP contribution >= 0.6 is 0 Å². The molecule has 0 heterocycles. The number of allylic oxidation sites excluding steroid dienone is 10. The molecule has 0 amide bonds. The van der Waals surface area contributed by atoms with E-state index in [1.54, 1.807) is 0 Å². The first-order chi connectivity index (χ1) is 34.0. The third-order valence-corrected chi connectivity index (χ3v) is 13.0. The zero-order valence-corrected chi connectivity index (χ0v) is 45.8. The maximum Gasteiger partial charge on any atom is 0.306 e. The van der Waals surface area contributed by atoms with Gasteiger partial charge in [-0.2, -0.15) is 0 Å². The number of hydrogen-bond acceptors (Lipinski definition) is 6. The summed E-state index contributed by atoms with van der Waals surface area (Å²) in [6.45, 7) is 6.53. The molecule has 0 aliphatic heterocycles. The predicted molar refractivity (Wildman–Crippen MR) is 298 cm³/mol. The Morgan fingerprint density at radius 3 is 0.913 bits per heavy atom. The molecule has 1 unspecified atom stereocenters. The molecule has 0 radical (unpaired) electrons. The van der Waals surface area contributed by atoms with Crippen molar-refractivity contribution in [2.45, 2.75) is 309 Å². The maximum absolute atomic E-state index is 12.9. The van der Waals surface area contributed by atoms with Gasteiger partial charge in [0.1, 0.15) is 13.2 Å². The van der Waals surface area contributed by atoms with Crippen LogP contribution in [0.15, 0.2) is 60.8 Å². The zero-order valence-electron chi connectivity index (χ0n) is 45.8. The summed E-state index contributed by atoms with van der Waals surface area (Å²) in [5, 5.41) is 0. The van der Waals surface area contributed by atoms with Crippen LogP contribution in [0.1, 0.15) is 303 Å². The van der Waals surface area contributed by atoms with E-state index >= 15 is 0 Å². The summed E-state index contributed by atoms with van der Waals surface area (Å²) in [5.74, 6) is -0.911. The quantitative estimate of drug-likeness (QED) is 0.0262. The van der Waals surface area contributed by atoms with Crippen LogP contribution in [0.2, 0.25) is 0 Å². The lowest BCUT2D eigenvalue weighted by Crippen LogP contribution is -2.30. The monoisotopic (exact) mass is 965 g/mol. The van der Waals surface area contributed by atoms with E-state index in [0.29, 0.717) is 19.3 Å². The summed E-state index contributed by atoms with van der Waals surface area (Å²) in [5.41, 5.74) is 0. The molecule has 0 rings (SSSR count). The molecule has 0 spiro atoms. The van der Waals surface area contributed by atoms with E-state index in [2.05, 4.69) is 81.5 Å². The predicted octanol–water partition coefficient (Wildman–Crippen LogP) is 20.0. The molecule has 0 aromatic heterocycles. The second kappa shape index (κ2) is 57.7. The summed E-state index contributed by atoms with van der Waals surface area (Å²) in [6, 6.07) is 0. The van der Waals surface area contributed by atoms with E-state index in [4.69, 9.17) is 14.2 Å². The normalized spacial score (nSPS) is 12.4. The van der Waals surface area contributed by atoms with Crippen molar-refractivity contribution in [2.24, 2.45) is 0 Å². The van der Waals surface area contributed by atoms with E-state index in [0.717, 1.165) is 96.3 Å². The maximum atomic E-state index is 12.9. The van der Waals surface area contributed by atoms with Crippen LogP contribution in [0.4, 0.5) is 0 Å². The minimum Gasteiger partial charge on any atom is -0.462 e. The van der Waals surface area contributed by atoms with Gasteiger partial charge in [0.25, 0.3) is 0 Å². The Bertz CT molecular complexity index is 1250. The van der Waals surface area contributed by atoms with Crippen molar-refractivity contribution in [3.63, 3.8) is 0 Å². The minimum absolute atomic E-state index is 0.0862. The van der Waals surface area contributed by atoms with Crippen LogP contribution in [0.3, 0.4) is 0 Å². The number of esters is 3. The number of rotatable bonds is 54. The topological polar surface area (TPSA) is 78.9 Å². The summed E-state index contributed by atoms with van der Waals surface area (Å²) in [7, 11) is 0. The highest BCUT2D eigenvalue weighted by molar-refractivity contribution is 5.71. The van der Waals surface area contributed by atoms with E-state index < -0.39 is 6.10 Å². The van der Waals surface area contributed by atoms with Gasteiger partial charge in [0.2, 0.25) is 0 Å². The van der Waals surface area contributed by atoms with Crippen LogP contribution < -0.4 is 0 Å². The number of carbonyl (C=O) groups excluding carboxylic acids is 3. The van der Waals surface area contributed by atoms with Crippen molar-refractivity contribution in [1.29, 1.82) is 0 Å². The molecule has 0 saturated carbocycles. The molecular weight excluding hydrogens is 853 g/mol. The number of ether oxygens (including phenoxy) is 3. The van der Waals surface area contributed by atoms with Gasteiger partial charge in [-0.3, -0.25) is 14.4 Å². The molecule has 1 atom stereocenters. The number of hydrogen-bond donors (Lipinski definition) is 0. The smallest absolute Gasteiger partial charge is 0.306 e. The molecule has 400 valence electrons. The lowest BCUT2D eigenvalue weighted by molar-refractivity contribution is -0.167. The third-order valence-electron chi connectivity index (χ3n) is 13.0. The molecule has 0 bridgehead atoms. The molecule has 0 aromatic carbocycles. The van der Waals surface area contributed by atoms with Crippen molar-refractivity contribution in [3.05, 3.63) is 60.8 Å². The zero-order chi connectivity index (χ0) is 50.0. The molecule has 69 heavy (non-hydrogen) atoms. The van der Waals surface area contributed by atoms with E-state index in [1.165, 1.54) is 167 Å². The average Bonchev–Trinajstić information content (AvgIpc) is 3.35. The van der Waals surface area contributed by atoms with Crippen LogP contribution in [0.25, 0.3) is 0 Å². The van der Waals surface area contributed by atoms with Crippen LogP contribution in [-0.4, -0.2) is 37.2 Å². The Hall–Kier alpha value is -2.89. The summed E-state index contributed by atoms with van der Waals surface area (Å²) in [6.07, 6.45) is 72.1. The fraction of sp³-hybridized carbons (Fsp3) is 0.794. The van der Waals surface area contributed by atoms with Gasteiger partial charge in [0.05, 0.1) is 0 Å². The van der Waals surface area contributed by atoms with E-state index in [-0.39, 0.29) is 31.1 Å². The minimum atomic E-state index is -0.789. The standard InChI is InChI=1S/C63H112O6/c1-4-7-10-13-16-19-22-25-28-31-33-35-38-41-44-47-50-53-56-62(65)68-59-60(58-67-61(64)55-52-49-46-43-40-37-34-30-27-24-21-18-15-12-9-6-3)69-63(66)57-54-51-48-45-42-39-36-32-29-26-23-20-17-14-11-8-5-2/h9,12,18,21,27,30,33,35,37,40,60H,4-8,10-11,13-17,19-20,22-26,28-29,31-32,34,36,38-39,41-59H2,1-3H3/b12-9-,21-18-,30-27-,35-33-,40-37-. The highest BCUT2D eigenvalue weighted by Crippen LogP contribution is 2.16. The molecule has 0 aromatic rings. The van der Waals surface area contributed by atoms with Crippen molar-refractivity contribution >= 4 is 17.9 Å². The van der Waals surface area contributed by atoms with E-state index in [1.807, 2.05) is 0 Å². The van der Waals surface area contributed by atoms with Crippen LogP contribution in [0, 0.1) is 0 Å². The third kappa shape index (κ3) is 55.9. The Labute approximate surface area is 428 Å². The largest absolute Gasteiger partial charge is 0.462 e. The van der Waals surface area contributed by atoms with Crippen molar-refractivity contribution in [2.75, 3.05) is 13.2 Å². The van der Waals surface area contributed by atoms with Gasteiger partial charge < -0.3 is 14.2 Å². The average molecular weight is 966 g/mol. The van der Waals surface area contributed by atoms with Gasteiger partial charge in [-0.15, -0.1) is 0 Å². The van der Waals surface area contributed by atoms with Gasteiger partial charge in [-0.1, -0.05) is 261 Å². The van der Waals surface area contributed by atoms with Crippen molar-refractivity contribution < 1.29 is 28.6 Å². The fourth-order valence-corrected chi connectivity index (χ4v) is 8.55. The van der Waals surface area contributed by atoms with Gasteiger partial charge in [-0.05, 0) is 83.5 Å². The molecule has 0 saturated heterocycles. The Kier molecular flexibility index (Phi) is 55.3. The molecule has 0 N–H and O–H groups in total. The second-order valence-electron chi connectivity index (χ2n) is 19.9. The van der Waals surface area contributed by atoms with Crippen molar-refractivity contribution in [3.8, 4) is 0 Å². The molecule has 6 nitrogen and oxygen atoms in total. The van der Waals surface area contributed by atoms with Gasteiger partial charge in [-0.25, -0.2) is 0 Å². The number of carbonyl (C=O) groups is 3. The van der Waals surface area contributed by atoms with E-state index in [9.17, 15) is 14.4 Å². The highest BCUT2D eigenvalue weighted by atomic mass is 16.6. The van der Waals surface area contributed by atoms with Gasteiger partial charge in [0.15, 0.2) is 6.10 Å². The first-order valence-corrected chi connectivity index (χ1v) is 29.8. The van der Waals surface area contributed by atoms with Crippen molar-refractivity contribution in [1.82, 2.24) is 0 Å². The molecule has 0 aliphatic carbocycles. The Morgan fingerprint density at radius 2 is 0.565 bits per heavy atom. The molecular formula is C63H112O6. The first kappa shape index (κ1) is 66.1. The van der Waals surface area contributed by atoms with Gasteiger partial charge in [0, 0.05) is 19.3 Å². The summed E-state index contributed by atoms with van der Waals surface area (Å²) < 4.78 is 16.9. The molecule has 0 fully saturated rings. The Morgan fingerprint density at radius 1 is 0.304 bits per heavy atom. The second-order valence-corrected chi connectivity index (χ2v) is 19.9. The Balaban J connectivity index is 4.41. The fourth-order valence-electron chi connectivity index (χ4n) is 8.55. The SMILES string of the molecule is CC/C=C\C/C=C\C/C=C\C/C=C\CCCCCC(=O)OCC(COC(=O)CCCCCCC/C=C\CCCCCCCCCCC)OC(=O)CCCCCCCCCCCCCCCCCCC. The highest BCUT2D eigenvalue weighted by Gasteiger charge is 2.19. The van der Waals surface area contributed by atoms with Crippen LogP contribution in [0.5, 0.6) is 0 Å².